The normalized spacial score (nSPS) is 10.6. The summed E-state index contributed by atoms with van der Waals surface area (Å²) < 4.78 is 1.76. The number of nitrogen functional groups attached to an aromatic ring is 1. The average molecular weight is 203 g/mol. The minimum absolute atomic E-state index is 0.401. The van der Waals surface area contributed by atoms with Gasteiger partial charge in [-0.05, 0) is 26.3 Å². The zero-order valence-corrected chi connectivity index (χ0v) is 9.02. The molecule has 0 spiro atoms. The summed E-state index contributed by atoms with van der Waals surface area (Å²) in [7, 11) is 0. The van der Waals surface area contributed by atoms with Crippen LogP contribution in [0.5, 0.6) is 0 Å². The fourth-order valence-electron chi connectivity index (χ4n) is 1.42. The van der Waals surface area contributed by atoms with Crippen LogP contribution >= 0.6 is 0 Å². The molecule has 0 fully saturated rings. The Kier molecular flexibility index (Phi) is 2.15. The maximum Gasteiger partial charge on any atom is 0.174 e. The van der Waals surface area contributed by atoms with Crippen molar-refractivity contribution < 1.29 is 0 Å². The maximum atomic E-state index is 5.58. The lowest BCUT2D eigenvalue weighted by atomic mass is 10.2. The van der Waals surface area contributed by atoms with E-state index in [1.54, 1.807) is 10.9 Å². The van der Waals surface area contributed by atoms with E-state index in [1.807, 2.05) is 20.8 Å². The molecule has 0 unspecified atom stereocenters. The second kappa shape index (κ2) is 3.34. The van der Waals surface area contributed by atoms with Crippen molar-refractivity contribution in [2.75, 3.05) is 5.73 Å². The maximum absolute atomic E-state index is 5.58. The molecule has 78 valence electrons. The fourth-order valence-corrected chi connectivity index (χ4v) is 1.42. The third kappa shape index (κ3) is 1.56. The van der Waals surface area contributed by atoms with Gasteiger partial charge in [0.2, 0.25) is 0 Å². The van der Waals surface area contributed by atoms with Gasteiger partial charge >= 0.3 is 0 Å². The van der Waals surface area contributed by atoms with Crippen LogP contribution in [0, 0.1) is 20.8 Å². The van der Waals surface area contributed by atoms with E-state index in [9.17, 15) is 0 Å². The summed E-state index contributed by atoms with van der Waals surface area (Å²) >= 11 is 0. The predicted molar refractivity (Wildman–Crippen MR) is 57.8 cm³/mol. The zero-order chi connectivity index (χ0) is 11.0. The Balaban J connectivity index is 2.59. The fraction of sp³-hybridized carbons (Fsp3) is 0.300. The highest BCUT2D eigenvalue weighted by molar-refractivity contribution is 5.34. The molecule has 5 heteroatoms. The molecule has 0 bridgehead atoms. The van der Waals surface area contributed by atoms with E-state index < -0.39 is 0 Å². The summed E-state index contributed by atoms with van der Waals surface area (Å²) in [6.45, 7) is 6.01. The number of anilines is 1. The van der Waals surface area contributed by atoms with Gasteiger partial charge in [-0.1, -0.05) is 0 Å². The SMILES string of the molecule is Cc1nn(-c2cncc(N)n2)c(C)c1C. The van der Waals surface area contributed by atoms with E-state index in [-0.39, 0.29) is 0 Å². The van der Waals surface area contributed by atoms with Crippen LogP contribution in [0.2, 0.25) is 0 Å². The number of nitrogens with zero attached hydrogens (tertiary/aromatic N) is 4. The third-order valence-corrected chi connectivity index (χ3v) is 2.51. The van der Waals surface area contributed by atoms with Crippen LogP contribution in [0.1, 0.15) is 17.0 Å². The molecule has 0 aromatic carbocycles. The molecule has 0 aliphatic carbocycles. The highest BCUT2D eigenvalue weighted by atomic mass is 15.3. The van der Waals surface area contributed by atoms with Gasteiger partial charge in [-0.2, -0.15) is 5.10 Å². The molecule has 0 saturated carbocycles. The first-order chi connectivity index (χ1) is 7.09. The highest BCUT2D eigenvalue weighted by Gasteiger charge is 2.09. The van der Waals surface area contributed by atoms with Crippen molar-refractivity contribution in [1.29, 1.82) is 0 Å². The first-order valence-corrected chi connectivity index (χ1v) is 4.70. The average Bonchev–Trinajstić information content (AvgIpc) is 2.46. The zero-order valence-electron chi connectivity index (χ0n) is 9.02. The molecule has 2 N–H and O–H groups in total. The summed E-state index contributed by atoms with van der Waals surface area (Å²) in [5.41, 5.74) is 8.80. The summed E-state index contributed by atoms with van der Waals surface area (Å²) in [5.74, 6) is 1.06. The summed E-state index contributed by atoms with van der Waals surface area (Å²) in [6, 6.07) is 0. The summed E-state index contributed by atoms with van der Waals surface area (Å²) in [5, 5.41) is 4.38. The van der Waals surface area contributed by atoms with Crippen molar-refractivity contribution in [3.63, 3.8) is 0 Å². The lowest BCUT2D eigenvalue weighted by Crippen LogP contribution is -2.04. The highest BCUT2D eigenvalue weighted by Crippen LogP contribution is 2.14. The van der Waals surface area contributed by atoms with Gasteiger partial charge in [-0.3, -0.25) is 4.98 Å². The van der Waals surface area contributed by atoms with E-state index >= 15 is 0 Å². The minimum atomic E-state index is 0.401. The smallest absolute Gasteiger partial charge is 0.174 e. The topological polar surface area (TPSA) is 69.6 Å². The predicted octanol–water partition coefficient (Wildman–Crippen LogP) is 1.17. The van der Waals surface area contributed by atoms with E-state index in [0.717, 1.165) is 11.4 Å². The Morgan fingerprint density at radius 2 is 1.93 bits per heavy atom. The Bertz CT molecular complexity index is 501. The van der Waals surface area contributed by atoms with Gasteiger partial charge in [0.15, 0.2) is 5.82 Å². The molecule has 15 heavy (non-hydrogen) atoms. The molecular weight excluding hydrogens is 190 g/mol. The number of aromatic nitrogens is 4. The van der Waals surface area contributed by atoms with Gasteiger partial charge in [-0.15, -0.1) is 0 Å². The Labute approximate surface area is 88.0 Å². The number of rotatable bonds is 1. The van der Waals surface area contributed by atoms with Crippen molar-refractivity contribution in [3.05, 3.63) is 29.3 Å². The standard InChI is InChI=1S/C10H13N5/c1-6-7(2)14-15(8(6)3)10-5-12-4-9(11)13-10/h4-5H,1-3H3,(H2,11,13). The molecule has 2 aromatic rings. The summed E-state index contributed by atoms with van der Waals surface area (Å²) in [6.07, 6.45) is 3.16. The lowest BCUT2D eigenvalue weighted by molar-refractivity contribution is 0.800. The monoisotopic (exact) mass is 203 g/mol. The van der Waals surface area contributed by atoms with Crippen molar-refractivity contribution in [1.82, 2.24) is 19.7 Å². The Morgan fingerprint density at radius 3 is 2.47 bits per heavy atom. The molecule has 2 aromatic heterocycles. The van der Waals surface area contributed by atoms with Gasteiger partial charge in [0.05, 0.1) is 18.1 Å². The second-order valence-corrected chi connectivity index (χ2v) is 3.51. The van der Waals surface area contributed by atoms with Crippen molar-refractivity contribution >= 4 is 5.82 Å². The first-order valence-electron chi connectivity index (χ1n) is 4.70. The molecule has 0 saturated heterocycles. The van der Waals surface area contributed by atoms with Crippen LogP contribution in [0.4, 0.5) is 5.82 Å². The van der Waals surface area contributed by atoms with E-state index in [1.165, 1.54) is 11.8 Å². The molecular formula is C10H13N5. The van der Waals surface area contributed by atoms with Crippen LogP contribution in [0.3, 0.4) is 0 Å². The molecule has 0 atom stereocenters. The molecule has 5 nitrogen and oxygen atoms in total. The number of aryl methyl sites for hydroxylation is 1. The van der Waals surface area contributed by atoms with E-state index in [2.05, 4.69) is 15.1 Å². The summed E-state index contributed by atoms with van der Waals surface area (Å²) in [4.78, 5) is 8.17. The van der Waals surface area contributed by atoms with Crippen LogP contribution in [0.15, 0.2) is 12.4 Å². The Morgan fingerprint density at radius 1 is 1.20 bits per heavy atom. The molecule has 0 aliphatic rings. The Hall–Kier alpha value is -1.91. The number of hydrogen-bond acceptors (Lipinski definition) is 4. The molecule has 0 aliphatic heterocycles. The first kappa shape index (κ1) is 9.64. The van der Waals surface area contributed by atoms with Gasteiger partial charge in [0.1, 0.15) is 5.82 Å². The molecule has 0 amide bonds. The van der Waals surface area contributed by atoms with Crippen LogP contribution < -0.4 is 5.73 Å². The quantitative estimate of drug-likeness (QED) is 0.755. The second-order valence-electron chi connectivity index (χ2n) is 3.51. The van der Waals surface area contributed by atoms with E-state index in [4.69, 9.17) is 5.73 Å². The lowest BCUT2D eigenvalue weighted by Gasteiger charge is -2.03. The van der Waals surface area contributed by atoms with Crippen molar-refractivity contribution in [3.8, 4) is 5.82 Å². The van der Waals surface area contributed by atoms with Gasteiger partial charge in [-0.25, -0.2) is 9.67 Å². The molecule has 2 rings (SSSR count). The van der Waals surface area contributed by atoms with Crippen molar-refractivity contribution in [2.24, 2.45) is 0 Å². The van der Waals surface area contributed by atoms with Gasteiger partial charge < -0.3 is 5.73 Å². The minimum Gasteiger partial charge on any atom is -0.382 e. The third-order valence-electron chi connectivity index (χ3n) is 2.51. The van der Waals surface area contributed by atoms with Crippen LogP contribution in [-0.4, -0.2) is 19.7 Å². The van der Waals surface area contributed by atoms with Crippen LogP contribution in [-0.2, 0) is 0 Å². The molecule has 2 heterocycles. The number of nitrogens with two attached hydrogens (primary N) is 1. The van der Waals surface area contributed by atoms with Crippen LogP contribution in [0.25, 0.3) is 5.82 Å². The largest absolute Gasteiger partial charge is 0.382 e. The van der Waals surface area contributed by atoms with Gasteiger partial charge in [0.25, 0.3) is 0 Å². The van der Waals surface area contributed by atoms with Gasteiger partial charge in [0, 0.05) is 5.69 Å². The van der Waals surface area contributed by atoms with E-state index in [0.29, 0.717) is 11.6 Å². The number of hydrogen-bond donors (Lipinski definition) is 1. The molecule has 0 radical (unpaired) electrons. The van der Waals surface area contributed by atoms with Crippen molar-refractivity contribution in [2.45, 2.75) is 20.8 Å².